The quantitative estimate of drug-likeness (QED) is 0.506. The number of benzene rings is 1. The van der Waals surface area contributed by atoms with Gasteiger partial charge in [-0.05, 0) is 5.56 Å². The van der Waals surface area contributed by atoms with Gasteiger partial charge in [0.1, 0.15) is 6.61 Å². The molecule has 0 atom stereocenters. The molecule has 0 saturated carbocycles. The lowest BCUT2D eigenvalue weighted by Gasteiger charge is -2.07. The second kappa shape index (κ2) is 7.24. The molecule has 1 rings (SSSR count). The maximum Gasteiger partial charge on any atom is 0.421 e. The molecule has 0 aliphatic carbocycles. The first kappa shape index (κ1) is 13.0. The highest BCUT2D eigenvalue weighted by molar-refractivity contribution is 5.67. The molecule has 0 spiro atoms. The standard InChI is InChI=1S/C11H14N2O4/c14-10(15)6-7-12-13-11(16)17-8-9-4-2-1-3-5-9/h1-5,12H,6-8H2,(H,13,16)(H,14,15). The zero-order valence-electron chi connectivity index (χ0n) is 9.18. The van der Waals surface area contributed by atoms with E-state index in [-0.39, 0.29) is 19.6 Å². The second-order valence-electron chi connectivity index (χ2n) is 3.26. The summed E-state index contributed by atoms with van der Waals surface area (Å²) in [5.74, 6) is -0.933. The molecule has 0 aliphatic rings. The molecule has 0 aliphatic heterocycles. The third-order valence-electron chi connectivity index (χ3n) is 1.87. The van der Waals surface area contributed by atoms with E-state index < -0.39 is 12.1 Å². The number of rotatable bonds is 6. The van der Waals surface area contributed by atoms with Gasteiger partial charge < -0.3 is 9.84 Å². The first-order valence-electron chi connectivity index (χ1n) is 5.10. The molecule has 1 amide bonds. The monoisotopic (exact) mass is 238 g/mol. The Hall–Kier alpha value is -2.08. The van der Waals surface area contributed by atoms with E-state index in [0.29, 0.717) is 0 Å². The van der Waals surface area contributed by atoms with Crippen LogP contribution in [0.2, 0.25) is 0 Å². The minimum absolute atomic E-state index is 0.0705. The largest absolute Gasteiger partial charge is 0.481 e. The van der Waals surface area contributed by atoms with E-state index in [9.17, 15) is 9.59 Å². The van der Waals surface area contributed by atoms with Crippen molar-refractivity contribution in [2.24, 2.45) is 0 Å². The fraction of sp³-hybridized carbons (Fsp3) is 0.273. The minimum Gasteiger partial charge on any atom is -0.481 e. The van der Waals surface area contributed by atoms with Crippen LogP contribution >= 0.6 is 0 Å². The Labute approximate surface area is 98.6 Å². The average Bonchev–Trinajstić information content (AvgIpc) is 2.33. The third-order valence-corrected chi connectivity index (χ3v) is 1.87. The van der Waals surface area contributed by atoms with Crippen molar-refractivity contribution in [3.63, 3.8) is 0 Å². The van der Waals surface area contributed by atoms with Gasteiger partial charge in [0.15, 0.2) is 0 Å². The lowest BCUT2D eigenvalue weighted by molar-refractivity contribution is -0.136. The van der Waals surface area contributed by atoms with E-state index in [1.807, 2.05) is 30.3 Å². The first-order chi connectivity index (χ1) is 8.18. The van der Waals surface area contributed by atoms with Gasteiger partial charge in [0.05, 0.1) is 6.42 Å². The van der Waals surface area contributed by atoms with Crippen molar-refractivity contribution in [3.05, 3.63) is 35.9 Å². The smallest absolute Gasteiger partial charge is 0.421 e. The summed E-state index contributed by atoms with van der Waals surface area (Å²) in [5, 5.41) is 8.35. The Morgan fingerprint density at radius 3 is 2.59 bits per heavy atom. The molecule has 0 heterocycles. The molecule has 0 fully saturated rings. The number of hydrazine groups is 1. The predicted molar refractivity (Wildman–Crippen MR) is 60.0 cm³/mol. The van der Waals surface area contributed by atoms with Crippen LogP contribution in [0, 0.1) is 0 Å². The highest BCUT2D eigenvalue weighted by Gasteiger charge is 2.02. The zero-order valence-corrected chi connectivity index (χ0v) is 9.18. The van der Waals surface area contributed by atoms with Gasteiger partial charge in [0, 0.05) is 6.54 Å². The van der Waals surface area contributed by atoms with Gasteiger partial charge in [0.25, 0.3) is 0 Å². The van der Waals surface area contributed by atoms with Gasteiger partial charge >= 0.3 is 12.1 Å². The molecule has 6 heteroatoms. The lowest BCUT2D eigenvalue weighted by atomic mass is 10.2. The van der Waals surface area contributed by atoms with E-state index >= 15 is 0 Å². The molecule has 3 N–H and O–H groups in total. The van der Waals surface area contributed by atoms with E-state index in [1.165, 1.54) is 0 Å². The van der Waals surface area contributed by atoms with Crippen LogP contribution in [0.4, 0.5) is 4.79 Å². The summed E-state index contributed by atoms with van der Waals surface area (Å²) < 4.78 is 4.88. The fourth-order valence-corrected chi connectivity index (χ4v) is 1.06. The van der Waals surface area contributed by atoms with Crippen molar-refractivity contribution >= 4 is 12.1 Å². The molecule has 0 saturated heterocycles. The van der Waals surface area contributed by atoms with Gasteiger partial charge in [-0.1, -0.05) is 30.3 Å². The summed E-state index contributed by atoms with van der Waals surface area (Å²) in [6, 6.07) is 9.25. The van der Waals surface area contributed by atoms with Crippen molar-refractivity contribution in [1.82, 2.24) is 10.9 Å². The van der Waals surface area contributed by atoms with Gasteiger partial charge in [-0.3, -0.25) is 10.2 Å². The number of ether oxygens (including phenoxy) is 1. The van der Waals surface area contributed by atoms with Crippen molar-refractivity contribution in [1.29, 1.82) is 0 Å². The molecule has 1 aromatic carbocycles. The second-order valence-corrected chi connectivity index (χ2v) is 3.26. The van der Waals surface area contributed by atoms with Crippen LogP contribution in [0.15, 0.2) is 30.3 Å². The van der Waals surface area contributed by atoms with Gasteiger partial charge in [0.2, 0.25) is 0 Å². The molecule has 0 bridgehead atoms. The van der Waals surface area contributed by atoms with Crippen molar-refractivity contribution < 1.29 is 19.4 Å². The topological polar surface area (TPSA) is 87.7 Å². The zero-order chi connectivity index (χ0) is 12.5. The van der Waals surface area contributed by atoms with Crippen molar-refractivity contribution in [2.45, 2.75) is 13.0 Å². The average molecular weight is 238 g/mol. The van der Waals surface area contributed by atoms with Crippen molar-refractivity contribution in [2.75, 3.05) is 6.54 Å². The van der Waals surface area contributed by atoms with Crippen LogP contribution < -0.4 is 10.9 Å². The summed E-state index contributed by atoms with van der Waals surface area (Å²) in [7, 11) is 0. The number of amides is 1. The number of nitrogens with one attached hydrogen (secondary N) is 2. The maximum atomic E-state index is 11.1. The predicted octanol–water partition coefficient (Wildman–Crippen LogP) is 0.892. The summed E-state index contributed by atoms with van der Waals surface area (Å²) in [4.78, 5) is 21.3. The Morgan fingerprint density at radius 1 is 1.24 bits per heavy atom. The normalized spacial score (nSPS) is 9.65. The van der Waals surface area contributed by atoms with Gasteiger partial charge in [-0.25, -0.2) is 10.2 Å². The SMILES string of the molecule is O=C(O)CCNNC(=O)OCc1ccccc1. The van der Waals surface area contributed by atoms with Crippen LogP contribution in [0.5, 0.6) is 0 Å². The lowest BCUT2D eigenvalue weighted by Crippen LogP contribution is -2.38. The van der Waals surface area contributed by atoms with E-state index in [2.05, 4.69) is 10.9 Å². The number of hydrogen-bond acceptors (Lipinski definition) is 4. The number of carboxylic acid groups (broad SMARTS) is 1. The van der Waals surface area contributed by atoms with E-state index in [4.69, 9.17) is 9.84 Å². The molecule has 0 radical (unpaired) electrons. The number of carbonyl (C=O) groups is 2. The number of aliphatic carboxylic acids is 1. The maximum absolute atomic E-state index is 11.1. The number of carbonyl (C=O) groups excluding carboxylic acids is 1. The molecule has 92 valence electrons. The highest BCUT2D eigenvalue weighted by atomic mass is 16.6. The number of carboxylic acids is 1. The molecular weight excluding hydrogens is 224 g/mol. The Kier molecular flexibility index (Phi) is 5.53. The summed E-state index contributed by atoms with van der Waals surface area (Å²) in [5.41, 5.74) is 5.56. The third kappa shape index (κ3) is 6.16. The molecular formula is C11H14N2O4. The number of hydrogen-bond donors (Lipinski definition) is 3. The fourth-order valence-electron chi connectivity index (χ4n) is 1.06. The Bertz CT molecular complexity index is 367. The summed E-state index contributed by atoms with van der Waals surface area (Å²) in [6.45, 7) is 0.322. The van der Waals surface area contributed by atoms with Gasteiger partial charge in [-0.2, -0.15) is 0 Å². The van der Waals surface area contributed by atoms with Crippen LogP contribution in [-0.2, 0) is 16.1 Å². The Balaban J connectivity index is 2.11. The van der Waals surface area contributed by atoms with Crippen LogP contribution in [0.1, 0.15) is 12.0 Å². The summed E-state index contributed by atoms with van der Waals surface area (Å²) in [6.07, 6.45) is -0.710. The molecule has 6 nitrogen and oxygen atoms in total. The van der Waals surface area contributed by atoms with Gasteiger partial charge in [-0.15, -0.1) is 0 Å². The molecule has 1 aromatic rings. The van der Waals surface area contributed by atoms with Crippen LogP contribution in [-0.4, -0.2) is 23.7 Å². The van der Waals surface area contributed by atoms with Crippen molar-refractivity contribution in [3.8, 4) is 0 Å². The molecule has 0 aromatic heterocycles. The molecule has 0 unspecified atom stereocenters. The Morgan fingerprint density at radius 2 is 1.94 bits per heavy atom. The first-order valence-corrected chi connectivity index (χ1v) is 5.10. The highest BCUT2D eigenvalue weighted by Crippen LogP contribution is 1.99. The molecule has 17 heavy (non-hydrogen) atoms. The van der Waals surface area contributed by atoms with E-state index in [0.717, 1.165) is 5.56 Å². The van der Waals surface area contributed by atoms with E-state index in [1.54, 1.807) is 0 Å². The van der Waals surface area contributed by atoms with Crippen LogP contribution in [0.25, 0.3) is 0 Å². The summed E-state index contributed by atoms with van der Waals surface area (Å²) >= 11 is 0. The van der Waals surface area contributed by atoms with Crippen LogP contribution in [0.3, 0.4) is 0 Å². The minimum atomic E-state index is -0.933.